The second-order valence-corrected chi connectivity index (χ2v) is 8.58. The first-order chi connectivity index (χ1) is 12.6. The van der Waals surface area contributed by atoms with Crippen LogP contribution in [0.15, 0.2) is 29.2 Å². The van der Waals surface area contributed by atoms with E-state index in [9.17, 15) is 18.0 Å². The standard InChI is InChI=1S/C17H21N5O4S/c1-11-17(27(25,26)20(3)4)12(2)22(19-11)10-16(24)21-9-15(23)18-13-7-5-6-8-14(13)21/h5-8H,9-10H2,1-4H3,(H,18,23). The van der Waals surface area contributed by atoms with Gasteiger partial charge in [0.2, 0.25) is 21.8 Å². The molecule has 1 aliphatic rings. The lowest BCUT2D eigenvalue weighted by atomic mass is 10.2. The van der Waals surface area contributed by atoms with E-state index in [1.165, 1.54) is 23.7 Å². The smallest absolute Gasteiger partial charge is 0.249 e. The second-order valence-electron chi connectivity index (χ2n) is 6.49. The van der Waals surface area contributed by atoms with Gasteiger partial charge in [-0.15, -0.1) is 0 Å². The summed E-state index contributed by atoms with van der Waals surface area (Å²) in [5.41, 5.74) is 1.87. The van der Waals surface area contributed by atoms with Crippen molar-refractivity contribution in [2.24, 2.45) is 0 Å². The third kappa shape index (κ3) is 3.33. The van der Waals surface area contributed by atoms with Crippen LogP contribution in [-0.4, -0.2) is 55.0 Å². The summed E-state index contributed by atoms with van der Waals surface area (Å²) in [6, 6.07) is 7.02. The lowest BCUT2D eigenvalue weighted by Crippen LogP contribution is -2.43. The molecule has 2 aromatic rings. The highest BCUT2D eigenvalue weighted by Gasteiger charge is 2.30. The fourth-order valence-corrected chi connectivity index (χ4v) is 4.32. The van der Waals surface area contributed by atoms with E-state index < -0.39 is 10.0 Å². The van der Waals surface area contributed by atoms with E-state index in [4.69, 9.17) is 0 Å². The number of nitrogens with one attached hydrogen (secondary N) is 1. The Labute approximate surface area is 157 Å². The Morgan fingerprint density at radius 1 is 1.26 bits per heavy atom. The molecule has 0 atom stereocenters. The Kier molecular flexibility index (Phi) is 4.79. The summed E-state index contributed by atoms with van der Waals surface area (Å²) in [6.45, 7) is 2.93. The first kappa shape index (κ1) is 19.1. The summed E-state index contributed by atoms with van der Waals surface area (Å²) in [5.74, 6) is -0.636. The van der Waals surface area contributed by atoms with E-state index in [0.29, 0.717) is 22.8 Å². The van der Waals surface area contributed by atoms with Crippen molar-refractivity contribution in [3.05, 3.63) is 35.7 Å². The molecule has 1 aromatic heterocycles. The number of carbonyl (C=O) groups excluding carboxylic acids is 2. The van der Waals surface area contributed by atoms with Gasteiger partial charge in [0.1, 0.15) is 18.0 Å². The molecule has 0 unspecified atom stereocenters. The molecule has 0 aliphatic carbocycles. The van der Waals surface area contributed by atoms with E-state index in [2.05, 4.69) is 10.4 Å². The van der Waals surface area contributed by atoms with Crippen LogP contribution in [0.1, 0.15) is 11.4 Å². The van der Waals surface area contributed by atoms with Gasteiger partial charge in [-0.2, -0.15) is 5.10 Å². The monoisotopic (exact) mass is 391 g/mol. The van der Waals surface area contributed by atoms with E-state index in [-0.39, 0.29) is 29.8 Å². The number of aryl methyl sites for hydroxylation is 1. The average molecular weight is 391 g/mol. The number of amides is 2. The topological polar surface area (TPSA) is 105 Å². The van der Waals surface area contributed by atoms with Crippen molar-refractivity contribution in [3.8, 4) is 0 Å². The van der Waals surface area contributed by atoms with Crippen LogP contribution in [0.2, 0.25) is 0 Å². The molecule has 10 heteroatoms. The lowest BCUT2D eigenvalue weighted by molar-refractivity contribution is -0.122. The first-order valence-corrected chi connectivity index (χ1v) is 9.72. The molecule has 9 nitrogen and oxygen atoms in total. The summed E-state index contributed by atoms with van der Waals surface area (Å²) < 4.78 is 27.5. The molecule has 144 valence electrons. The predicted molar refractivity (Wildman–Crippen MR) is 100.0 cm³/mol. The molecular weight excluding hydrogens is 370 g/mol. The van der Waals surface area contributed by atoms with Gasteiger partial charge in [-0.3, -0.25) is 19.2 Å². The van der Waals surface area contributed by atoms with Crippen LogP contribution >= 0.6 is 0 Å². The summed E-state index contributed by atoms with van der Waals surface area (Å²) in [6.07, 6.45) is 0. The van der Waals surface area contributed by atoms with Crippen LogP contribution in [0.4, 0.5) is 11.4 Å². The van der Waals surface area contributed by atoms with E-state index in [1.54, 1.807) is 38.1 Å². The summed E-state index contributed by atoms with van der Waals surface area (Å²) >= 11 is 0. The van der Waals surface area contributed by atoms with Crippen molar-refractivity contribution < 1.29 is 18.0 Å². The highest BCUT2D eigenvalue weighted by molar-refractivity contribution is 7.89. The Bertz CT molecular complexity index is 1030. The van der Waals surface area contributed by atoms with Gasteiger partial charge < -0.3 is 5.32 Å². The molecule has 0 radical (unpaired) electrons. The summed E-state index contributed by atoms with van der Waals surface area (Å²) in [7, 11) is -0.786. The highest BCUT2D eigenvalue weighted by atomic mass is 32.2. The average Bonchev–Trinajstić information content (AvgIpc) is 2.87. The number of nitrogens with zero attached hydrogens (tertiary/aromatic N) is 4. The SMILES string of the molecule is Cc1nn(CC(=O)N2CC(=O)Nc3ccccc32)c(C)c1S(=O)(=O)N(C)C. The van der Waals surface area contributed by atoms with Gasteiger partial charge in [0, 0.05) is 14.1 Å². The Hall–Kier alpha value is -2.72. The summed E-state index contributed by atoms with van der Waals surface area (Å²) in [4.78, 5) is 26.2. The quantitative estimate of drug-likeness (QED) is 0.828. The Morgan fingerprint density at radius 3 is 2.59 bits per heavy atom. The third-order valence-electron chi connectivity index (χ3n) is 4.41. The molecule has 1 aliphatic heterocycles. The Balaban J connectivity index is 1.93. The zero-order valence-corrected chi connectivity index (χ0v) is 16.4. The van der Waals surface area contributed by atoms with Gasteiger partial charge in [0.25, 0.3) is 0 Å². The van der Waals surface area contributed by atoms with Crippen molar-refractivity contribution in [1.29, 1.82) is 0 Å². The maximum absolute atomic E-state index is 12.9. The molecular formula is C17H21N5O4S. The zero-order valence-electron chi connectivity index (χ0n) is 15.6. The van der Waals surface area contributed by atoms with Gasteiger partial charge in [-0.05, 0) is 26.0 Å². The van der Waals surface area contributed by atoms with Gasteiger partial charge >= 0.3 is 0 Å². The van der Waals surface area contributed by atoms with E-state index >= 15 is 0 Å². The van der Waals surface area contributed by atoms with E-state index in [1.807, 2.05) is 0 Å². The number of fused-ring (bicyclic) bond motifs is 1. The summed E-state index contributed by atoms with van der Waals surface area (Å²) in [5, 5.41) is 6.96. The predicted octanol–water partition coefficient (Wildman–Crippen LogP) is 0.736. The molecule has 27 heavy (non-hydrogen) atoms. The van der Waals surface area contributed by atoms with Gasteiger partial charge in [-0.25, -0.2) is 12.7 Å². The van der Waals surface area contributed by atoms with Crippen LogP contribution in [-0.2, 0) is 26.2 Å². The minimum atomic E-state index is -3.67. The molecule has 2 heterocycles. The zero-order chi connectivity index (χ0) is 19.9. The molecule has 0 saturated heterocycles. The molecule has 1 N–H and O–H groups in total. The van der Waals surface area contributed by atoms with Gasteiger partial charge in [0.15, 0.2) is 0 Å². The highest BCUT2D eigenvalue weighted by Crippen LogP contribution is 2.29. The number of hydrogen-bond acceptors (Lipinski definition) is 5. The normalized spacial score (nSPS) is 14.3. The van der Waals surface area contributed by atoms with Gasteiger partial charge in [0.05, 0.1) is 22.8 Å². The fraction of sp³-hybridized carbons (Fsp3) is 0.353. The molecule has 0 spiro atoms. The van der Waals surface area contributed by atoms with Crippen molar-refractivity contribution in [3.63, 3.8) is 0 Å². The van der Waals surface area contributed by atoms with Crippen molar-refractivity contribution in [2.45, 2.75) is 25.3 Å². The van der Waals surface area contributed by atoms with Crippen LogP contribution in [0.3, 0.4) is 0 Å². The van der Waals surface area contributed by atoms with Crippen molar-refractivity contribution in [2.75, 3.05) is 30.9 Å². The lowest BCUT2D eigenvalue weighted by Gasteiger charge is -2.29. The van der Waals surface area contributed by atoms with E-state index in [0.717, 1.165) is 4.31 Å². The molecule has 0 fully saturated rings. The Morgan fingerprint density at radius 2 is 1.93 bits per heavy atom. The van der Waals surface area contributed by atoms with Crippen molar-refractivity contribution >= 4 is 33.2 Å². The number of hydrogen-bond donors (Lipinski definition) is 1. The van der Waals surface area contributed by atoms with Crippen LogP contribution < -0.4 is 10.2 Å². The number of rotatable bonds is 4. The fourth-order valence-electron chi connectivity index (χ4n) is 3.06. The number of sulfonamides is 1. The molecule has 2 amide bonds. The maximum atomic E-state index is 12.9. The first-order valence-electron chi connectivity index (χ1n) is 8.28. The largest absolute Gasteiger partial charge is 0.323 e. The number of carbonyl (C=O) groups is 2. The third-order valence-corrected chi connectivity index (χ3v) is 6.48. The number of aromatic nitrogens is 2. The number of benzene rings is 1. The second kappa shape index (κ2) is 6.78. The number of para-hydroxylation sites is 2. The van der Waals surface area contributed by atoms with Gasteiger partial charge in [-0.1, -0.05) is 12.1 Å². The maximum Gasteiger partial charge on any atom is 0.249 e. The minimum Gasteiger partial charge on any atom is -0.323 e. The van der Waals surface area contributed by atoms with Crippen molar-refractivity contribution in [1.82, 2.24) is 14.1 Å². The van der Waals surface area contributed by atoms with Crippen LogP contribution in [0.5, 0.6) is 0 Å². The molecule has 0 bridgehead atoms. The number of anilines is 2. The molecule has 1 aromatic carbocycles. The van der Waals surface area contributed by atoms with Crippen LogP contribution in [0.25, 0.3) is 0 Å². The minimum absolute atomic E-state index is 0.0945. The van der Waals surface area contributed by atoms with Crippen LogP contribution in [0, 0.1) is 13.8 Å². The molecule has 3 rings (SSSR count). The molecule has 0 saturated carbocycles.